The summed E-state index contributed by atoms with van der Waals surface area (Å²) in [7, 11) is 0. The summed E-state index contributed by atoms with van der Waals surface area (Å²) >= 11 is 7.70. The van der Waals surface area contributed by atoms with Gasteiger partial charge in [-0.2, -0.15) is 0 Å². The lowest BCUT2D eigenvalue weighted by atomic mass is 10.4. The van der Waals surface area contributed by atoms with Crippen molar-refractivity contribution < 1.29 is 0 Å². The van der Waals surface area contributed by atoms with Crippen molar-refractivity contribution in [2.75, 3.05) is 5.32 Å². The van der Waals surface area contributed by atoms with Gasteiger partial charge in [0.15, 0.2) is 0 Å². The van der Waals surface area contributed by atoms with Crippen molar-refractivity contribution in [3.8, 4) is 0 Å². The number of hydrogen-bond donors (Lipinski definition) is 2. The lowest BCUT2D eigenvalue weighted by Crippen LogP contribution is -2.25. The molecule has 1 aromatic heterocycles. The number of aryl methyl sites for hydroxylation is 1. The van der Waals surface area contributed by atoms with Crippen LogP contribution in [0.15, 0.2) is 17.8 Å². The topological polar surface area (TPSA) is 24.1 Å². The molecule has 78 valence electrons. The first-order valence-electron chi connectivity index (χ1n) is 4.46. The summed E-state index contributed by atoms with van der Waals surface area (Å²) in [6, 6.07) is 0.369. The number of halogens is 1. The van der Waals surface area contributed by atoms with Gasteiger partial charge in [-0.1, -0.05) is 18.2 Å². The molecule has 0 unspecified atom stereocenters. The fourth-order valence-electron chi connectivity index (χ4n) is 1.07. The van der Waals surface area contributed by atoms with Gasteiger partial charge >= 0.3 is 0 Å². The van der Waals surface area contributed by atoms with Crippen LogP contribution in [0, 0.1) is 6.92 Å². The Hall–Kier alpha value is -0.670. The van der Waals surface area contributed by atoms with Gasteiger partial charge in [0, 0.05) is 16.3 Å². The standard InChI is InChI=1S/C10H15ClN2S/c1-6(2)12-8(4)13-9-5-14-7(3)10(9)11/h5-6,12-13H,4H2,1-3H3. The third kappa shape index (κ3) is 2.93. The molecular formula is C10H15ClN2S. The van der Waals surface area contributed by atoms with E-state index in [-0.39, 0.29) is 0 Å². The number of nitrogens with one attached hydrogen (secondary N) is 2. The SMILES string of the molecule is C=C(Nc1csc(C)c1Cl)NC(C)C. The van der Waals surface area contributed by atoms with Crippen LogP contribution >= 0.6 is 22.9 Å². The van der Waals surface area contributed by atoms with Gasteiger partial charge in [0.1, 0.15) is 0 Å². The molecule has 0 aliphatic carbocycles. The number of hydrogen-bond acceptors (Lipinski definition) is 3. The van der Waals surface area contributed by atoms with E-state index in [0.29, 0.717) is 6.04 Å². The molecular weight excluding hydrogens is 216 g/mol. The predicted octanol–water partition coefficient (Wildman–Crippen LogP) is 3.59. The largest absolute Gasteiger partial charge is 0.370 e. The second-order valence-electron chi connectivity index (χ2n) is 3.42. The fraction of sp³-hybridized carbons (Fsp3) is 0.400. The van der Waals surface area contributed by atoms with Crippen LogP contribution in [0.3, 0.4) is 0 Å². The molecule has 1 rings (SSSR count). The summed E-state index contributed by atoms with van der Waals surface area (Å²) in [5.41, 5.74) is 0.923. The summed E-state index contributed by atoms with van der Waals surface area (Å²) in [4.78, 5) is 1.12. The maximum Gasteiger partial charge on any atom is 0.0959 e. The van der Waals surface area contributed by atoms with E-state index in [4.69, 9.17) is 11.6 Å². The first-order chi connectivity index (χ1) is 6.50. The van der Waals surface area contributed by atoms with Gasteiger partial charge in [-0.25, -0.2) is 0 Å². The van der Waals surface area contributed by atoms with E-state index < -0.39 is 0 Å². The molecule has 0 amide bonds. The molecule has 0 aliphatic rings. The van der Waals surface area contributed by atoms with Crippen LogP contribution in [0.4, 0.5) is 5.69 Å². The molecule has 0 spiro atoms. The molecule has 2 N–H and O–H groups in total. The summed E-state index contributed by atoms with van der Waals surface area (Å²) in [6.07, 6.45) is 0. The molecule has 0 atom stereocenters. The van der Waals surface area contributed by atoms with Crippen molar-refractivity contribution in [1.82, 2.24) is 5.32 Å². The highest BCUT2D eigenvalue weighted by atomic mass is 35.5. The molecule has 14 heavy (non-hydrogen) atoms. The van der Waals surface area contributed by atoms with Crippen LogP contribution in [0.5, 0.6) is 0 Å². The van der Waals surface area contributed by atoms with Crippen LogP contribution in [0.1, 0.15) is 18.7 Å². The fourth-order valence-corrected chi connectivity index (χ4v) is 2.06. The Labute approximate surface area is 94.0 Å². The van der Waals surface area contributed by atoms with E-state index >= 15 is 0 Å². The zero-order valence-corrected chi connectivity index (χ0v) is 10.2. The Morgan fingerprint density at radius 3 is 2.64 bits per heavy atom. The Bertz CT molecular complexity index is 331. The molecule has 0 fully saturated rings. The lowest BCUT2D eigenvalue weighted by Gasteiger charge is -2.14. The highest BCUT2D eigenvalue weighted by Gasteiger charge is 2.06. The van der Waals surface area contributed by atoms with Crippen LogP contribution in [0.25, 0.3) is 0 Å². The quantitative estimate of drug-likeness (QED) is 0.826. The molecule has 1 heterocycles. The van der Waals surface area contributed by atoms with E-state index in [9.17, 15) is 0 Å². The van der Waals surface area contributed by atoms with Gasteiger partial charge in [0.05, 0.1) is 16.5 Å². The van der Waals surface area contributed by atoms with Crippen molar-refractivity contribution in [3.05, 3.63) is 27.7 Å². The van der Waals surface area contributed by atoms with Crippen LogP contribution < -0.4 is 10.6 Å². The van der Waals surface area contributed by atoms with Crippen molar-refractivity contribution >= 4 is 28.6 Å². The van der Waals surface area contributed by atoms with E-state index in [1.165, 1.54) is 0 Å². The molecule has 4 heteroatoms. The van der Waals surface area contributed by atoms with Crippen molar-refractivity contribution in [1.29, 1.82) is 0 Å². The van der Waals surface area contributed by atoms with Crippen LogP contribution in [-0.2, 0) is 0 Å². The van der Waals surface area contributed by atoms with E-state index in [2.05, 4.69) is 31.1 Å². The average molecular weight is 231 g/mol. The summed E-state index contributed by atoms with van der Waals surface area (Å²) < 4.78 is 0. The van der Waals surface area contributed by atoms with Crippen LogP contribution in [-0.4, -0.2) is 6.04 Å². The van der Waals surface area contributed by atoms with Gasteiger partial charge in [-0.05, 0) is 20.8 Å². The lowest BCUT2D eigenvalue weighted by molar-refractivity contribution is 0.674. The van der Waals surface area contributed by atoms with Crippen molar-refractivity contribution in [2.24, 2.45) is 0 Å². The minimum Gasteiger partial charge on any atom is -0.370 e. The summed E-state index contributed by atoms with van der Waals surface area (Å²) in [5, 5.41) is 9.07. The number of anilines is 1. The van der Waals surface area contributed by atoms with E-state index in [1.54, 1.807) is 11.3 Å². The zero-order chi connectivity index (χ0) is 10.7. The monoisotopic (exact) mass is 230 g/mol. The predicted molar refractivity (Wildman–Crippen MR) is 65.1 cm³/mol. The maximum atomic E-state index is 6.07. The molecule has 1 aromatic rings. The second-order valence-corrected chi connectivity index (χ2v) is 4.88. The number of rotatable bonds is 4. The Morgan fingerprint density at radius 1 is 1.57 bits per heavy atom. The molecule has 0 aliphatic heterocycles. The maximum absolute atomic E-state index is 6.07. The van der Waals surface area contributed by atoms with Gasteiger partial charge < -0.3 is 10.6 Å². The van der Waals surface area contributed by atoms with Gasteiger partial charge in [-0.3, -0.25) is 0 Å². The minimum atomic E-state index is 0.369. The molecule has 0 saturated heterocycles. The van der Waals surface area contributed by atoms with Gasteiger partial charge in [0.2, 0.25) is 0 Å². The average Bonchev–Trinajstić information content (AvgIpc) is 2.34. The second kappa shape index (κ2) is 4.71. The zero-order valence-electron chi connectivity index (χ0n) is 8.65. The normalized spacial score (nSPS) is 10.4. The third-order valence-electron chi connectivity index (χ3n) is 1.65. The first kappa shape index (κ1) is 11.4. The Morgan fingerprint density at radius 2 is 2.21 bits per heavy atom. The highest BCUT2D eigenvalue weighted by molar-refractivity contribution is 7.11. The van der Waals surface area contributed by atoms with Crippen molar-refractivity contribution in [3.63, 3.8) is 0 Å². The van der Waals surface area contributed by atoms with Crippen LogP contribution in [0.2, 0.25) is 5.02 Å². The molecule has 0 aromatic carbocycles. The molecule has 0 bridgehead atoms. The van der Waals surface area contributed by atoms with E-state index in [0.717, 1.165) is 21.4 Å². The number of thiophene rings is 1. The minimum absolute atomic E-state index is 0.369. The third-order valence-corrected chi connectivity index (χ3v) is 3.16. The van der Waals surface area contributed by atoms with Gasteiger partial charge in [0.25, 0.3) is 0 Å². The molecule has 0 saturated carbocycles. The summed E-state index contributed by atoms with van der Waals surface area (Å²) in [6.45, 7) is 9.99. The smallest absolute Gasteiger partial charge is 0.0959 e. The molecule has 0 radical (unpaired) electrons. The first-order valence-corrected chi connectivity index (χ1v) is 5.72. The summed E-state index contributed by atoms with van der Waals surface area (Å²) in [5.74, 6) is 0.778. The Balaban J connectivity index is 2.61. The van der Waals surface area contributed by atoms with Gasteiger partial charge in [-0.15, -0.1) is 11.3 Å². The van der Waals surface area contributed by atoms with Crippen molar-refractivity contribution in [2.45, 2.75) is 26.8 Å². The highest BCUT2D eigenvalue weighted by Crippen LogP contribution is 2.31. The molecule has 2 nitrogen and oxygen atoms in total. The van der Waals surface area contributed by atoms with E-state index in [1.807, 2.05) is 12.3 Å². The Kier molecular flexibility index (Phi) is 3.84.